The number of halogens is 1. The zero-order chi connectivity index (χ0) is 12.4. The van der Waals surface area contributed by atoms with Crippen LogP contribution in [-0.2, 0) is 0 Å². The van der Waals surface area contributed by atoms with Crippen LogP contribution < -0.4 is 5.32 Å². The molecule has 0 saturated heterocycles. The van der Waals surface area contributed by atoms with Gasteiger partial charge in [0, 0.05) is 16.8 Å². The maximum absolute atomic E-state index is 11.7. The topological polar surface area (TPSA) is 78.0 Å². The van der Waals surface area contributed by atoms with Crippen LogP contribution in [0.25, 0.3) is 0 Å². The van der Waals surface area contributed by atoms with Crippen LogP contribution in [0.15, 0.2) is 24.3 Å². The van der Waals surface area contributed by atoms with Gasteiger partial charge in [0.2, 0.25) is 0 Å². The van der Waals surface area contributed by atoms with Crippen molar-refractivity contribution in [2.45, 2.75) is 6.92 Å². The summed E-state index contributed by atoms with van der Waals surface area (Å²) in [6, 6.07) is 6.07. The van der Waals surface area contributed by atoms with Gasteiger partial charge < -0.3 is 10.4 Å². The molecule has 1 heterocycles. The van der Waals surface area contributed by atoms with E-state index in [1.807, 2.05) is 0 Å². The van der Waals surface area contributed by atoms with Gasteiger partial charge in [-0.15, -0.1) is 0 Å². The van der Waals surface area contributed by atoms with Crippen molar-refractivity contribution in [3.8, 4) is 5.75 Å². The average molecular weight is 252 g/mol. The number of nitrogens with one attached hydrogen (secondary N) is 2. The van der Waals surface area contributed by atoms with E-state index in [2.05, 4.69) is 15.5 Å². The molecule has 1 aromatic carbocycles. The minimum atomic E-state index is -0.396. The second-order valence-electron chi connectivity index (χ2n) is 3.55. The number of phenolic OH excluding ortho intramolecular Hbond substituents is 1. The average Bonchev–Trinajstić information content (AvgIpc) is 2.69. The normalized spacial score (nSPS) is 10.2. The van der Waals surface area contributed by atoms with E-state index in [0.717, 1.165) is 5.69 Å². The van der Waals surface area contributed by atoms with Gasteiger partial charge in [-0.2, -0.15) is 5.10 Å². The number of aryl methyl sites for hydroxylation is 1. The molecule has 1 amide bonds. The Morgan fingerprint density at radius 2 is 2.24 bits per heavy atom. The number of H-pyrrole nitrogens is 1. The largest absolute Gasteiger partial charge is 0.506 e. The lowest BCUT2D eigenvalue weighted by Crippen LogP contribution is -2.12. The smallest absolute Gasteiger partial charge is 0.276 e. The Hall–Kier alpha value is -2.01. The summed E-state index contributed by atoms with van der Waals surface area (Å²) in [6.45, 7) is 1.80. The molecule has 0 spiro atoms. The van der Waals surface area contributed by atoms with E-state index in [4.69, 9.17) is 11.6 Å². The summed E-state index contributed by atoms with van der Waals surface area (Å²) in [4.78, 5) is 11.7. The Balaban J connectivity index is 2.18. The molecule has 3 N–H and O–H groups in total. The van der Waals surface area contributed by atoms with E-state index in [0.29, 0.717) is 10.7 Å². The lowest BCUT2D eigenvalue weighted by molar-refractivity contribution is 0.102. The molecule has 1 aromatic heterocycles. The van der Waals surface area contributed by atoms with E-state index in [-0.39, 0.29) is 11.4 Å². The van der Waals surface area contributed by atoms with E-state index < -0.39 is 5.91 Å². The summed E-state index contributed by atoms with van der Waals surface area (Å²) < 4.78 is 0. The van der Waals surface area contributed by atoms with E-state index in [1.165, 1.54) is 12.1 Å². The molecule has 0 fully saturated rings. The second kappa shape index (κ2) is 4.47. The number of carbonyl (C=O) groups is 1. The first-order valence-electron chi connectivity index (χ1n) is 4.88. The number of hydrogen-bond donors (Lipinski definition) is 3. The number of aromatic amines is 1. The highest BCUT2D eigenvalue weighted by Gasteiger charge is 2.11. The molecule has 0 aliphatic carbocycles. The molecule has 2 rings (SSSR count). The van der Waals surface area contributed by atoms with E-state index in [1.54, 1.807) is 19.1 Å². The molecule has 5 nitrogen and oxygen atoms in total. The van der Waals surface area contributed by atoms with Crippen molar-refractivity contribution in [2.75, 3.05) is 5.32 Å². The number of benzene rings is 1. The van der Waals surface area contributed by atoms with E-state index in [9.17, 15) is 9.90 Å². The first-order valence-corrected chi connectivity index (χ1v) is 5.26. The van der Waals surface area contributed by atoms with Crippen LogP contribution in [0.1, 0.15) is 16.2 Å². The van der Waals surface area contributed by atoms with Gasteiger partial charge in [0.25, 0.3) is 5.91 Å². The van der Waals surface area contributed by atoms with Gasteiger partial charge in [-0.25, -0.2) is 0 Å². The number of aromatic nitrogens is 2. The highest BCUT2D eigenvalue weighted by Crippen LogP contribution is 2.26. The van der Waals surface area contributed by atoms with Crippen LogP contribution in [0.5, 0.6) is 5.75 Å². The fourth-order valence-corrected chi connectivity index (χ4v) is 1.50. The van der Waals surface area contributed by atoms with Crippen molar-refractivity contribution in [2.24, 2.45) is 0 Å². The van der Waals surface area contributed by atoms with Gasteiger partial charge in [-0.3, -0.25) is 9.89 Å². The zero-order valence-electron chi connectivity index (χ0n) is 8.99. The quantitative estimate of drug-likeness (QED) is 0.717. The Morgan fingerprint density at radius 3 is 2.82 bits per heavy atom. The van der Waals surface area contributed by atoms with Gasteiger partial charge in [0.15, 0.2) is 5.69 Å². The summed E-state index contributed by atoms with van der Waals surface area (Å²) in [5.74, 6) is -0.481. The molecule has 0 radical (unpaired) electrons. The van der Waals surface area contributed by atoms with Crippen molar-refractivity contribution in [3.63, 3.8) is 0 Å². The summed E-state index contributed by atoms with van der Waals surface area (Å²) >= 11 is 5.68. The molecule has 0 atom stereocenters. The standard InChI is InChI=1S/C11H10ClN3O2/c1-6-4-9(15-14-6)11(17)13-8-3-2-7(12)5-10(8)16/h2-5,16H,1H3,(H,13,17)(H,14,15). The third-order valence-electron chi connectivity index (χ3n) is 2.15. The van der Waals surface area contributed by atoms with Crippen molar-refractivity contribution in [3.05, 3.63) is 40.7 Å². The molecular weight excluding hydrogens is 242 g/mol. The predicted octanol–water partition coefficient (Wildman–Crippen LogP) is 2.33. The van der Waals surface area contributed by atoms with Gasteiger partial charge in [0.1, 0.15) is 5.75 Å². The number of phenols is 1. The van der Waals surface area contributed by atoms with Gasteiger partial charge in [-0.1, -0.05) is 11.6 Å². The molecular formula is C11H10ClN3O2. The molecule has 88 valence electrons. The van der Waals surface area contributed by atoms with Crippen LogP contribution in [0.2, 0.25) is 5.02 Å². The van der Waals surface area contributed by atoms with E-state index >= 15 is 0 Å². The third-order valence-corrected chi connectivity index (χ3v) is 2.38. The Morgan fingerprint density at radius 1 is 1.47 bits per heavy atom. The fourth-order valence-electron chi connectivity index (χ4n) is 1.33. The number of amides is 1. The van der Waals surface area contributed by atoms with Crippen molar-refractivity contribution >= 4 is 23.2 Å². The maximum atomic E-state index is 11.7. The van der Waals surface area contributed by atoms with Crippen LogP contribution >= 0.6 is 11.6 Å². The summed E-state index contributed by atoms with van der Waals surface area (Å²) in [6.07, 6.45) is 0. The van der Waals surface area contributed by atoms with Crippen molar-refractivity contribution in [1.29, 1.82) is 0 Å². The van der Waals surface area contributed by atoms with Gasteiger partial charge in [-0.05, 0) is 25.1 Å². The van der Waals surface area contributed by atoms with Gasteiger partial charge >= 0.3 is 0 Å². The number of anilines is 1. The number of hydrogen-bond acceptors (Lipinski definition) is 3. The highest BCUT2D eigenvalue weighted by molar-refractivity contribution is 6.30. The number of rotatable bonds is 2. The lowest BCUT2D eigenvalue weighted by atomic mass is 10.2. The molecule has 17 heavy (non-hydrogen) atoms. The highest BCUT2D eigenvalue weighted by atomic mass is 35.5. The minimum Gasteiger partial charge on any atom is -0.506 e. The second-order valence-corrected chi connectivity index (χ2v) is 3.99. The molecule has 0 aliphatic rings. The Kier molecular flexibility index (Phi) is 3.01. The third kappa shape index (κ3) is 2.57. The van der Waals surface area contributed by atoms with Crippen molar-refractivity contribution in [1.82, 2.24) is 10.2 Å². The van der Waals surface area contributed by atoms with Crippen molar-refractivity contribution < 1.29 is 9.90 Å². The predicted molar refractivity (Wildman–Crippen MR) is 64.4 cm³/mol. The summed E-state index contributed by atoms with van der Waals surface area (Å²) in [5.41, 5.74) is 1.34. The number of aromatic hydroxyl groups is 1. The van der Waals surface area contributed by atoms with Crippen LogP contribution in [-0.4, -0.2) is 21.2 Å². The lowest BCUT2D eigenvalue weighted by Gasteiger charge is -2.05. The first kappa shape index (κ1) is 11.5. The molecule has 0 unspecified atom stereocenters. The summed E-state index contributed by atoms with van der Waals surface area (Å²) in [7, 11) is 0. The first-order chi connectivity index (χ1) is 8.06. The minimum absolute atomic E-state index is 0.0851. The summed E-state index contributed by atoms with van der Waals surface area (Å²) in [5, 5.41) is 19.0. The molecule has 0 aliphatic heterocycles. The molecule has 0 saturated carbocycles. The molecule has 2 aromatic rings. The number of nitrogens with zero attached hydrogens (tertiary/aromatic N) is 1. The molecule has 0 bridgehead atoms. The van der Waals surface area contributed by atoms with Gasteiger partial charge in [0.05, 0.1) is 5.69 Å². The molecule has 6 heteroatoms. The maximum Gasteiger partial charge on any atom is 0.276 e. The van der Waals surface area contributed by atoms with Crippen LogP contribution in [0.4, 0.5) is 5.69 Å². The van der Waals surface area contributed by atoms with Crippen LogP contribution in [0.3, 0.4) is 0 Å². The van der Waals surface area contributed by atoms with Crippen LogP contribution in [0, 0.1) is 6.92 Å². The monoisotopic (exact) mass is 251 g/mol. The Labute approximate surface area is 102 Å². The fraction of sp³-hybridized carbons (Fsp3) is 0.0909. The zero-order valence-corrected chi connectivity index (χ0v) is 9.75. The number of carbonyl (C=O) groups excluding carboxylic acids is 1. The SMILES string of the molecule is Cc1cc(C(=O)Nc2ccc(Cl)cc2O)n[nH]1. The Bertz CT molecular complexity index is 566.